The monoisotopic (exact) mass is 275 g/mol. The van der Waals surface area contributed by atoms with Gasteiger partial charge in [-0.05, 0) is 70.0 Å². The van der Waals surface area contributed by atoms with Crippen LogP contribution in [0.25, 0.3) is 0 Å². The van der Waals surface area contributed by atoms with Gasteiger partial charge in [0, 0.05) is 5.54 Å². The lowest BCUT2D eigenvalue weighted by Crippen LogP contribution is -2.40. The summed E-state index contributed by atoms with van der Waals surface area (Å²) < 4.78 is 0. The van der Waals surface area contributed by atoms with Crippen molar-refractivity contribution in [3.8, 4) is 0 Å². The van der Waals surface area contributed by atoms with E-state index in [9.17, 15) is 0 Å². The molecule has 0 amide bonds. The zero-order valence-corrected chi connectivity index (χ0v) is 14.3. The van der Waals surface area contributed by atoms with Crippen molar-refractivity contribution in [2.75, 3.05) is 6.54 Å². The Hall–Kier alpha value is -0.820. The first-order valence-corrected chi connectivity index (χ1v) is 8.11. The van der Waals surface area contributed by atoms with Crippen LogP contribution in [0, 0.1) is 18.8 Å². The Labute approximate surface area is 126 Å². The zero-order valence-electron chi connectivity index (χ0n) is 14.3. The largest absolute Gasteiger partial charge is 0.312 e. The van der Waals surface area contributed by atoms with Crippen LogP contribution in [-0.4, -0.2) is 12.1 Å². The Morgan fingerprint density at radius 3 is 2.35 bits per heavy atom. The van der Waals surface area contributed by atoms with Crippen LogP contribution in [0.5, 0.6) is 0 Å². The first-order valence-electron chi connectivity index (χ1n) is 8.11. The second-order valence-corrected chi connectivity index (χ2v) is 7.38. The fourth-order valence-corrected chi connectivity index (χ4v) is 2.58. The summed E-state index contributed by atoms with van der Waals surface area (Å²) in [6, 6.07) is 8.82. The predicted octanol–water partition coefficient (Wildman–Crippen LogP) is 4.98. The van der Waals surface area contributed by atoms with Crippen LogP contribution >= 0.6 is 0 Å². The Morgan fingerprint density at radius 2 is 1.80 bits per heavy atom. The van der Waals surface area contributed by atoms with Gasteiger partial charge in [-0.15, -0.1) is 0 Å². The molecule has 0 fully saturated rings. The van der Waals surface area contributed by atoms with Crippen molar-refractivity contribution in [3.63, 3.8) is 0 Å². The zero-order chi connectivity index (χ0) is 15.2. The summed E-state index contributed by atoms with van der Waals surface area (Å²) in [5.41, 5.74) is 3.15. The summed E-state index contributed by atoms with van der Waals surface area (Å²) in [6.45, 7) is 14.8. The average Bonchev–Trinajstić information content (AvgIpc) is 2.37. The highest BCUT2D eigenvalue weighted by atomic mass is 14.9. The van der Waals surface area contributed by atoms with E-state index in [1.165, 1.54) is 30.4 Å². The summed E-state index contributed by atoms with van der Waals surface area (Å²) in [5, 5.41) is 3.69. The topological polar surface area (TPSA) is 12.0 Å². The van der Waals surface area contributed by atoms with Gasteiger partial charge in [0.2, 0.25) is 0 Å². The number of hydrogen-bond acceptors (Lipinski definition) is 1. The molecule has 1 N–H and O–H groups in total. The molecule has 0 aliphatic rings. The quantitative estimate of drug-likeness (QED) is 0.740. The van der Waals surface area contributed by atoms with Gasteiger partial charge in [-0.25, -0.2) is 0 Å². The molecule has 0 spiro atoms. The van der Waals surface area contributed by atoms with Crippen molar-refractivity contribution in [1.29, 1.82) is 0 Å². The summed E-state index contributed by atoms with van der Waals surface area (Å²) in [5.74, 6) is 1.54. The fraction of sp³-hybridized carbons (Fsp3) is 0.684. The molecule has 1 rings (SSSR count). The molecule has 1 aromatic carbocycles. The minimum absolute atomic E-state index is 0.208. The molecule has 0 bridgehead atoms. The van der Waals surface area contributed by atoms with Gasteiger partial charge in [0.15, 0.2) is 0 Å². The second kappa shape index (κ2) is 7.83. The molecule has 0 aliphatic heterocycles. The molecule has 2 atom stereocenters. The molecule has 2 unspecified atom stereocenters. The van der Waals surface area contributed by atoms with Gasteiger partial charge < -0.3 is 5.32 Å². The van der Waals surface area contributed by atoms with Gasteiger partial charge in [0.05, 0.1) is 0 Å². The van der Waals surface area contributed by atoms with Crippen LogP contribution < -0.4 is 5.32 Å². The number of hydrogen-bond donors (Lipinski definition) is 1. The highest BCUT2D eigenvalue weighted by Crippen LogP contribution is 2.21. The molecule has 114 valence electrons. The smallest absolute Gasteiger partial charge is 0.00966 e. The molecule has 0 saturated heterocycles. The van der Waals surface area contributed by atoms with Crippen LogP contribution in [0.3, 0.4) is 0 Å². The molecule has 20 heavy (non-hydrogen) atoms. The van der Waals surface area contributed by atoms with Crippen molar-refractivity contribution in [1.82, 2.24) is 5.32 Å². The third-order valence-electron chi connectivity index (χ3n) is 4.12. The molecule has 1 aromatic rings. The van der Waals surface area contributed by atoms with E-state index in [4.69, 9.17) is 0 Å². The van der Waals surface area contributed by atoms with E-state index in [1.54, 1.807) is 0 Å². The van der Waals surface area contributed by atoms with Crippen LogP contribution in [0.2, 0.25) is 0 Å². The maximum Gasteiger partial charge on any atom is 0.00966 e. The maximum atomic E-state index is 3.69. The van der Waals surface area contributed by atoms with Crippen molar-refractivity contribution < 1.29 is 0 Å². The molecule has 1 nitrogen and oxygen atoms in total. The van der Waals surface area contributed by atoms with Crippen molar-refractivity contribution in [2.45, 2.75) is 66.3 Å². The van der Waals surface area contributed by atoms with Gasteiger partial charge in [-0.3, -0.25) is 0 Å². The molecular weight excluding hydrogens is 242 g/mol. The van der Waals surface area contributed by atoms with E-state index in [0.717, 1.165) is 18.4 Å². The van der Waals surface area contributed by atoms with Crippen molar-refractivity contribution >= 4 is 0 Å². The Kier molecular flexibility index (Phi) is 6.75. The summed E-state index contributed by atoms with van der Waals surface area (Å²) >= 11 is 0. The molecule has 0 saturated carbocycles. The standard InChI is InChI=1S/C19H33N/c1-7-15(2)12-17(14-20-19(4,5)6)13-18-11-9-8-10-16(18)3/h8-11,15,17,20H,7,12-14H2,1-6H3. The number of rotatable bonds is 7. The van der Waals surface area contributed by atoms with Crippen LogP contribution in [-0.2, 0) is 6.42 Å². The third-order valence-corrected chi connectivity index (χ3v) is 4.12. The van der Waals surface area contributed by atoms with Gasteiger partial charge in [0.1, 0.15) is 0 Å². The van der Waals surface area contributed by atoms with Crippen LogP contribution in [0.1, 0.15) is 58.6 Å². The molecule has 1 heteroatoms. The first kappa shape index (κ1) is 17.2. The molecule has 0 heterocycles. The Morgan fingerprint density at radius 1 is 1.15 bits per heavy atom. The first-order chi connectivity index (χ1) is 9.31. The number of nitrogens with one attached hydrogen (secondary N) is 1. The van der Waals surface area contributed by atoms with Crippen LogP contribution in [0.15, 0.2) is 24.3 Å². The van der Waals surface area contributed by atoms with E-state index in [1.807, 2.05) is 0 Å². The second-order valence-electron chi connectivity index (χ2n) is 7.38. The molecular formula is C19H33N. The van der Waals surface area contributed by atoms with Gasteiger partial charge in [-0.1, -0.05) is 44.5 Å². The van der Waals surface area contributed by atoms with Gasteiger partial charge >= 0.3 is 0 Å². The lowest BCUT2D eigenvalue weighted by molar-refractivity contribution is 0.320. The van der Waals surface area contributed by atoms with E-state index in [0.29, 0.717) is 0 Å². The minimum atomic E-state index is 0.208. The molecule has 0 aromatic heterocycles. The maximum absolute atomic E-state index is 3.69. The Balaban J connectivity index is 2.69. The number of benzene rings is 1. The number of aryl methyl sites for hydroxylation is 1. The lowest BCUT2D eigenvalue weighted by atomic mass is 9.87. The lowest BCUT2D eigenvalue weighted by Gasteiger charge is -2.27. The third kappa shape index (κ3) is 6.56. The normalized spacial score (nSPS) is 15.1. The van der Waals surface area contributed by atoms with Gasteiger partial charge in [-0.2, -0.15) is 0 Å². The highest BCUT2D eigenvalue weighted by Gasteiger charge is 2.17. The van der Waals surface area contributed by atoms with Crippen LogP contribution in [0.4, 0.5) is 0 Å². The SMILES string of the molecule is CCC(C)CC(CNC(C)(C)C)Cc1ccccc1C. The van der Waals surface area contributed by atoms with E-state index in [2.05, 4.69) is 71.1 Å². The Bertz CT molecular complexity index is 389. The molecule has 0 radical (unpaired) electrons. The van der Waals surface area contributed by atoms with Crippen molar-refractivity contribution in [2.24, 2.45) is 11.8 Å². The van der Waals surface area contributed by atoms with Crippen molar-refractivity contribution in [3.05, 3.63) is 35.4 Å². The summed E-state index contributed by atoms with van der Waals surface area (Å²) in [7, 11) is 0. The highest BCUT2D eigenvalue weighted by molar-refractivity contribution is 5.26. The van der Waals surface area contributed by atoms with Gasteiger partial charge in [0.25, 0.3) is 0 Å². The van der Waals surface area contributed by atoms with E-state index >= 15 is 0 Å². The minimum Gasteiger partial charge on any atom is -0.312 e. The predicted molar refractivity (Wildman–Crippen MR) is 90.2 cm³/mol. The summed E-state index contributed by atoms with van der Waals surface area (Å²) in [6.07, 6.45) is 3.79. The molecule has 0 aliphatic carbocycles. The summed E-state index contributed by atoms with van der Waals surface area (Å²) in [4.78, 5) is 0. The van der Waals surface area contributed by atoms with E-state index < -0.39 is 0 Å². The average molecular weight is 275 g/mol. The van der Waals surface area contributed by atoms with E-state index in [-0.39, 0.29) is 5.54 Å². The fourth-order valence-electron chi connectivity index (χ4n) is 2.58.